The third kappa shape index (κ3) is 6.96. The Morgan fingerprint density at radius 1 is 0.529 bits per heavy atom. The summed E-state index contributed by atoms with van der Waals surface area (Å²) in [6.07, 6.45) is 17.7. The van der Waals surface area contributed by atoms with E-state index in [-0.39, 0.29) is 0 Å². The molecule has 0 aliphatic heterocycles. The Morgan fingerprint density at radius 2 is 0.912 bits per heavy atom. The summed E-state index contributed by atoms with van der Waals surface area (Å²) >= 11 is 10.6. The van der Waals surface area contributed by atoms with Crippen LogP contribution >= 0.6 is 39.8 Å². The van der Waals surface area contributed by atoms with Gasteiger partial charge in [0.25, 0.3) is 0 Å². The molecule has 182 valence electrons. The van der Waals surface area contributed by atoms with Gasteiger partial charge in [0.15, 0.2) is 0 Å². The molecule has 34 heavy (non-hydrogen) atoms. The average Bonchev–Trinajstić information content (AvgIpc) is 2.91. The van der Waals surface area contributed by atoms with Gasteiger partial charge in [-0.2, -0.15) is 0 Å². The van der Waals surface area contributed by atoms with E-state index in [2.05, 4.69) is 126 Å². The minimum atomic E-state index is -3.15. The average molecular weight is 605 g/mol. The molecule has 0 atom stereocenters. The number of unbranched alkanes of at least 4 members (excludes halogenated alkanes) is 8. The van der Waals surface area contributed by atoms with E-state index in [0.29, 0.717) is 0 Å². The van der Waals surface area contributed by atoms with Crippen LogP contribution in [0.1, 0.15) is 57.8 Å². The Kier molecular flexibility index (Phi) is 11.6. The SMILES string of the molecule is ClP(CC=CCCCCCCCCCCI)(c1ccccc1)(c1ccccc1)c1ccccc1. The molecule has 0 aliphatic rings. The van der Waals surface area contributed by atoms with Crippen LogP contribution in [0.5, 0.6) is 0 Å². The Morgan fingerprint density at radius 3 is 1.32 bits per heavy atom. The van der Waals surface area contributed by atoms with E-state index in [0.717, 1.165) is 12.6 Å². The minimum absolute atomic E-state index is 0.835. The first-order chi connectivity index (χ1) is 16.7. The predicted octanol–water partition coefficient (Wildman–Crippen LogP) is 9.17. The summed E-state index contributed by atoms with van der Waals surface area (Å²) in [5, 5.41) is 3.71. The van der Waals surface area contributed by atoms with Crippen LogP contribution in [0.2, 0.25) is 0 Å². The summed E-state index contributed by atoms with van der Waals surface area (Å²) in [6, 6.07) is 32.3. The van der Waals surface area contributed by atoms with Gasteiger partial charge in [0.2, 0.25) is 0 Å². The van der Waals surface area contributed by atoms with Crippen molar-refractivity contribution >= 4 is 55.7 Å². The maximum absolute atomic E-state index is 8.09. The molecule has 3 heteroatoms. The van der Waals surface area contributed by atoms with Crippen molar-refractivity contribution in [2.75, 3.05) is 10.6 Å². The van der Waals surface area contributed by atoms with Crippen LogP contribution in [-0.4, -0.2) is 10.6 Å². The van der Waals surface area contributed by atoms with E-state index in [9.17, 15) is 0 Å². The molecular weight excluding hydrogens is 566 g/mol. The molecule has 0 unspecified atom stereocenters. The van der Waals surface area contributed by atoms with Crippen molar-refractivity contribution in [2.24, 2.45) is 0 Å². The first-order valence-electron chi connectivity index (χ1n) is 12.8. The Bertz CT molecular complexity index is 873. The number of rotatable bonds is 15. The molecule has 3 aromatic rings. The first kappa shape index (κ1) is 27.4. The van der Waals surface area contributed by atoms with Gasteiger partial charge in [-0.25, -0.2) is 0 Å². The Hall–Kier alpha value is -1.15. The van der Waals surface area contributed by atoms with Crippen molar-refractivity contribution in [2.45, 2.75) is 57.8 Å². The monoisotopic (exact) mass is 604 g/mol. The van der Waals surface area contributed by atoms with Gasteiger partial charge in [-0.1, -0.05) is 22.6 Å². The Balaban J connectivity index is 1.72. The summed E-state index contributed by atoms with van der Waals surface area (Å²) in [5.74, 6) is -3.15. The molecule has 0 aliphatic carbocycles. The summed E-state index contributed by atoms with van der Waals surface area (Å²) in [5.41, 5.74) is 0. The summed E-state index contributed by atoms with van der Waals surface area (Å²) in [6.45, 7) is 0. The molecule has 3 rings (SSSR count). The quantitative estimate of drug-likeness (QED) is 0.0533. The fourth-order valence-electron chi connectivity index (χ4n) is 4.79. The normalized spacial score (nSPS) is 13.1. The molecule has 0 N–H and O–H groups in total. The predicted molar refractivity (Wildman–Crippen MR) is 165 cm³/mol. The molecule has 0 bridgehead atoms. The number of alkyl halides is 1. The van der Waals surface area contributed by atoms with E-state index in [1.54, 1.807) is 0 Å². The van der Waals surface area contributed by atoms with Gasteiger partial charge in [-0.05, 0) is 4.43 Å². The van der Waals surface area contributed by atoms with E-state index in [4.69, 9.17) is 11.2 Å². The van der Waals surface area contributed by atoms with Crippen LogP contribution in [0.25, 0.3) is 0 Å². The third-order valence-electron chi connectivity index (χ3n) is 6.75. The third-order valence-corrected chi connectivity index (χ3v) is 14.7. The van der Waals surface area contributed by atoms with E-state index < -0.39 is 5.96 Å². The van der Waals surface area contributed by atoms with Crippen LogP contribution in [0.3, 0.4) is 0 Å². The zero-order chi connectivity index (χ0) is 24.0. The maximum atomic E-state index is 8.09. The molecule has 0 aromatic heterocycles. The number of hydrogen-bond donors (Lipinski definition) is 0. The Labute approximate surface area is 226 Å². The topological polar surface area (TPSA) is 0 Å². The molecule has 0 radical (unpaired) electrons. The van der Waals surface area contributed by atoms with Crippen molar-refractivity contribution < 1.29 is 0 Å². The van der Waals surface area contributed by atoms with Gasteiger partial charge in [-0.3, -0.25) is 0 Å². The fourth-order valence-corrected chi connectivity index (χ4v) is 11.0. The molecule has 0 heterocycles. The first-order valence-corrected chi connectivity index (χ1v) is 17.7. The van der Waals surface area contributed by atoms with E-state index in [1.807, 2.05) is 0 Å². The van der Waals surface area contributed by atoms with Gasteiger partial charge < -0.3 is 0 Å². The number of halogens is 2. The van der Waals surface area contributed by atoms with E-state index >= 15 is 0 Å². The van der Waals surface area contributed by atoms with Crippen LogP contribution in [0.4, 0.5) is 0 Å². The summed E-state index contributed by atoms with van der Waals surface area (Å²) in [4.78, 5) is 0. The standard InChI is InChI=1S/C31H39ClIP/c32-34(29-21-13-10-14-22-29,30-23-15-11-16-24-30,31-25-17-12-18-26-31)28-20-9-7-5-3-1-2-4-6-8-19-27-33/h9-18,20-26H,1-8,19,27-28H2. The van der Waals surface area contributed by atoms with Crippen molar-refractivity contribution in [3.05, 3.63) is 103 Å². The molecule has 0 saturated carbocycles. The number of benzene rings is 3. The molecule has 0 fully saturated rings. The second kappa shape index (κ2) is 14.4. The van der Waals surface area contributed by atoms with Gasteiger partial charge in [0.05, 0.1) is 0 Å². The van der Waals surface area contributed by atoms with Gasteiger partial charge in [0, 0.05) is 0 Å². The van der Waals surface area contributed by atoms with Crippen molar-refractivity contribution in [3.8, 4) is 0 Å². The van der Waals surface area contributed by atoms with Crippen molar-refractivity contribution in [1.82, 2.24) is 0 Å². The van der Waals surface area contributed by atoms with Gasteiger partial charge >= 0.3 is 200 Å². The second-order valence-electron chi connectivity index (χ2n) is 9.15. The fraction of sp³-hybridized carbons (Fsp3) is 0.355. The zero-order valence-corrected chi connectivity index (χ0v) is 24.1. The van der Waals surface area contributed by atoms with E-state index in [1.165, 1.54) is 71.7 Å². The summed E-state index contributed by atoms with van der Waals surface area (Å²) < 4.78 is 1.30. The van der Waals surface area contributed by atoms with Gasteiger partial charge in [0.1, 0.15) is 0 Å². The number of hydrogen-bond acceptors (Lipinski definition) is 0. The molecular formula is C31H39ClIP. The molecule has 0 spiro atoms. The van der Waals surface area contributed by atoms with Crippen LogP contribution in [-0.2, 0) is 0 Å². The summed E-state index contributed by atoms with van der Waals surface area (Å²) in [7, 11) is 0. The second-order valence-corrected chi connectivity index (χ2v) is 16.7. The number of allylic oxidation sites excluding steroid dienone is 2. The van der Waals surface area contributed by atoms with Crippen LogP contribution < -0.4 is 15.9 Å². The van der Waals surface area contributed by atoms with Gasteiger partial charge in [-0.15, -0.1) is 0 Å². The zero-order valence-electron chi connectivity index (χ0n) is 20.3. The van der Waals surface area contributed by atoms with Crippen LogP contribution in [0, 0.1) is 0 Å². The van der Waals surface area contributed by atoms with Crippen molar-refractivity contribution in [3.63, 3.8) is 0 Å². The molecule has 3 aromatic carbocycles. The van der Waals surface area contributed by atoms with Crippen LogP contribution in [0.15, 0.2) is 103 Å². The molecule has 0 amide bonds. The molecule has 0 saturated heterocycles. The molecule has 0 nitrogen and oxygen atoms in total. The van der Waals surface area contributed by atoms with Crippen molar-refractivity contribution in [1.29, 1.82) is 0 Å².